The highest BCUT2D eigenvalue weighted by Gasteiger charge is 2.28. The summed E-state index contributed by atoms with van der Waals surface area (Å²) >= 11 is 3.61. The first-order valence-corrected chi connectivity index (χ1v) is 7.92. The van der Waals surface area contributed by atoms with E-state index < -0.39 is 0 Å². The van der Waals surface area contributed by atoms with Crippen LogP contribution in [0.1, 0.15) is 49.5 Å². The molecule has 0 N–H and O–H groups in total. The molecule has 2 rings (SSSR count). The predicted octanol–water partition coefficient (Wildman–Crippen LogP) is 2.98. The predicted molar refractivity (Wildman–Crippen MR) is 79.5 cm³/mol. The number of likely N-dealkylation sites (tertiary alicyclic amines) is 1. The number of imidazole rings is 1. The molecule has 19 heavy (non-hydrogen) atoms. The molecule has 1 aliphatic heterocycles. The third-order valence-electron chi connectivity index (χ3n) is 3.66. The van der Waals surface area contributed by atoms with Crippen LogP contribution in [0.25, 0.3) is 0 Å². The van der Waals surface area contributed by atoms with Gasteiger partial charge in [0.1, 0.15) is 5.69 Å². The van der Waals surface area contributed by atoms with Gasteiger partial charge in [-0.1, -0.05) is 35.7 Å². The molecular weight excluding hydrogens is 306 g/mol. The summed E-state index contributed by atoms with van der Waals surface area (Å²) in [5.41, 5.74) is 0.566. The molecule has 2 unspecified atom stereocenters. The average Bonchev–Trinajstić information content (AvgIpc) is 2.65. The average molecular weight is 328 g/mol. The highest BCUT2D eigenvalue weighted by molar-refractivity contribution is 9.09. The lowest BCUT2D eigenvalue weighted by Gasteiger charge is -2.30. The molecule has 106 valence electrons. The zero-order chi connectivity index (χ0) is 13.8. The van der Waals surface area contributed by atoms with Gasteiger partial charge in [0.2, 0.25) is 0 Å². The van der Waals surface area contributed by atoms with Gasteiger partial charge in [-0.2, -0.15) is 0 Å². The Labute approximate surface area is 123 Å². The van der Waals surface area contributed by atoms with Crippen molar-refractivity contribution in [2.24, 2.45) is 7.05 Å². The van der Waals surface area contributed by atoms with E-state index in [1.165, 1.54) is 12.8 Å². The van der Waals surface area contributed by atoms with Gasteiger partial charge in [0.05, 0.1) is 6.33 Å². The first-order chi connectivity index (χ1) is 9.08. The Hall–Kier alpha value is -0.840. The van der Waals surface area contributed by atoms with Crippen LogP contribution < -0.4 is 0 Å². The van der Waals surface area contributed by atoms with Gasteiger partial charge in [-0.3, -0.25) is 4.79 Å². The van der Waals surface area contributed by atoms with Gasteiger partial charge in [-0.05, 0) is 19.3 Å². The number of alkyl halides is 1. The zero-order valence-corrected chi connectivity index (χ0v) is 13.3. The first kappa shape index (κ1) is 14.6. The number of aromatic nitrogens is 2. The number of amides is 1. The van der Waals surface area contributed by atoms with Gasteiger partial charge < -0.3 is 9.47 Å². The van der Waals surface area contributed by atoms with Crippen molar-refractivity contribution >= 4 is 21.8 Å². The fourth-order valence-corrected chi connectivity index (χ4v) is 3.17. The van der Waals surface area contributed by atoms with Gasteiger partial charge in [-0.25, -0.2) is 4.98 Å². The smallest absolute Gasteiger partial charge is 0.274 e. The molecular formula is C14H22BrN3O. The van der Waals surface area contributed by atoms with E-state index in [0.29, 0.717) is 16.6 Å². The van der Waals surface area contributed by atoms with Gasteiger partial charge in [0.15, 0.2) is 0 Å². The van der Waals surface area contributed by atoms with Crippen molar-refractivity contribution in [1.82, 2.24) is 14.5 Å². The van der Waals surface area contributed by atoms with Crippen molar-refractivity contribution in [2.45, 2.75) is 49.9 Å². The molecule has 1 aliphatic rings. The highest BCUT2D eigenvalue weighted by Crippen LogP contribution is 2.24. The number of carbonyl (C=O) groups excluding carboxylic acids is 1. The number of rotatable bonds is 3. The van der Waals surface area contributed by atoms with Crippen LogP contribution in [-0.2, 0) is 7.05 Å². The van der Waals surface area contributed by atoms with E-state index in [2.05, 4.69) is 27.8 Å². The Morgan fingerprint density at radius 3 is 2.95 bits per heavy atom. The number of aryl methyl sites for hydroxylation is 1. The number of hydrogen-bond donors (Lipinski definition) is 0. The minimum Gasteiger partial charge on any atom is -0.340 e. The molecule has 1 fully saturated rings. The van der Waals surface area contributed by atoms with Crippen LogP contribution in [0.4, 0.5) is 0 Å². The summed E-state index contributed by atoms with van der Waals surface area (Å²) in [6.07, 6.45) is 9.16. The molecule has 1 saturated heterocycles. The van der Waals surface area contributed by atoms with E-state index in [1.54, 1.807) is 6.33 Å². The molecule has 0 bridgehead atoms. The lowest BCUT2D eigenvalue weighted by molar-refractivity contribution is 0.0669. The summed E-state index contributed by atoms with van der Waals surface area (Å²) < 4.78 is 1.83. The number of hydrogen-bond acceptors (Lipinski definition) is 2. The molecule has 1 aromatic rings. The van der Waals surface area contributed by atoms with E-state index in [9.17, 15) is 4.79 Å². The Balaban J connectivity index is 2.14. The third kappa shape index (κ3) is 3.81. The molecule has 0 aliphatic carbocycles. The first-order valence-electron chi connectivity index (χ1n) is 7.01. The third-order valence-corrected chi connectivity index (χ3v) is 4.03. The van der Waals surface area contributed by atoms with Crippen LogP contribution in [0, 0.1) is 0 Å². The Morgan fingerprint density at radius 2 is 2.32 bits per heavy atom. The number of carbonyl (C=O) groups is 1. The summed E-state index contributed by atoms with van der Waals surface area (Å²) in [6.45, 7) is 3.01. The second-order valence-corrected chi connectivity index (χ2v) is 7.01. The molecule has 0 aromatic carbocycles. The zero-order valence-electron chi connectivity index (χ0n) is 11.7. The van der Waals surface area contributed by atoms with Gasteiger partial charge in [0.25, 0.3) is 5.91 Å². The maximum atomic E-state index is 12.6. The monoisotopic (exact) mass is 327 g/mol. The van der Waals surface area contributed by atoms with Crippen molar-refractivity contribution < 1.29 is 4.79 Å². The summed E-state index contributed by atoms with van der Waals surface area (Å²) in [4.78, 5) is 19.3. The fraction of sp³-hybridized carbons (Fsp3) is 0.714. The maximum Gasteiger partial charge on any atom is 0.274 e. The van der Waals surface area contributed by atoms with Gasteiger partial charge >= 0.3 is 0 Å². The van der Waals surface area contributed by atoms with Crippen LogP contribution >= 0.6 is 15.9 Å². The molecule has 5 heteroatoms. The fourth-order valence-electron chi connectivity index (χ4n) is 2.74. The number of nitrogens with zero attached hydrogens (tertiary/aromatic N) is 3. The van der Waals surface area contributed by atoms with Crippen LogP contribution in [0.3, 0.4) is 0 Å². The second kappa shape index (κ2) is 6.55. The largest absolute Gasteiger partial charge is 0.340 e. The summed E-state index contributed by atoms with van der Waals surface area (Å²) in [6, 6.07) is 0.339. The Kier molecular flexibility index (Phi) is 5.02. The summed E-state index contributed by atoms with van der Waals surface area (Å²) in [5, 5.41) is 0. The summed E-state index contributed by atoms with van der Waals surface area (Å²) in [5.74, 6) is 0.0839. The molecule has 2 atom stereocenters. The van der Waals surface area contributed by atoms with Crippen LogP contribution in [0.5, 0.6) is 0 Å². The van der Waals surface area contributed by atoms with E-state index in [1.807, 2.05) is 22.7 Å². The van der Waals surface area contributed by atoms with Gasteiger partial charge in [-0.15, -0.1) is 0 Å². The van der Waals surface area contributed by atoms with Crippen LogP contribution in [-0.4, -0.2) is 37.8 Å². The van der Waals surface area contributed by atoms with Crippen molar-refractivity contribution in [3.8, 4) is 0 Å². The summed E-state index contributed by atoms with van der Waals surface area (Å²) in [7, 11) is 1.89. The van der Waals surface area contributed by atoms with Gasteiger partial charge in [0, 0.05) is 30.7 Å². The van der Waals surface area contributed by atoms with Crippen LogP contribution in [0.2, 0.25) is 0 Å². The van der Waals surface area contributed by atoms with Crippen molar-refractivity contribution in [1.29, 1.82) is 0 Å². The maximum absolute atomic E-state index is 12.6. The SMILES string of the molecule is CC(Br)CC1CCCCCN1C(=O)c1cn(C)cn1. The molecule has 0 spiro atoms. The van der Waals surface area contributed by atoms with Crippen molar-refractivity contribution in [3.63, 3.8) is 0 Å². The lowest BCUT2D eigenvalue weighted by Crippen LogP contribution is -2.41. The number of halogens is 1. The molecule has 1 amide bonds. The minimum atomic E-state index is 0.0839. The van der Waals surface area contributed by atoms with Crippen molar-refractivity contribution in [2.75, 3.05) is 6.54 Å². The lowest BCUT2D eigenvalue weighted by atomic mass is 10.0. The molecule has 0 radical (unpaired) electrons. The van der Waals surface area contributed by atoms with E-state index >= 15 is 0 Å². The Morgan fingerprint density at radius 1 is 1.53 bits per heavy atom. The second-order valence-electron chi connectivity index (χ2n) is 5.44. The van der Waals surface area contributed by atoms with E-state index in [0.717, 1.165) is 25.8 Å². The minimum absolute atomic E-state index is 0.0839. The normalized spacial score (nSPS) is 22.1. The molecule has 2 heterocycles. The Bertz CT molecular complexity index is 430. The van der Waals surface area contributed by atoms with E-state index in [-0.39, 0.29) is 5.91 Å². The van der Waals surface area contributed by atoms with E-state index in [4.69, 9.17) is 0 Å². The standard InChI is InChI=1S/C14H22BrN3O/c1-11(15)8-12-6-4-3-5-7-18(12)14(19)13-9-17(2)10-16-13/h9-12H,3-8H2,1-2H3. The molecule has 0 saturated carbocycles. The van der Waals surface area contributed by atoms with Crippen LogP contribution in [0.15, 0.2) is 12.5 Å². The quantitative estimate of drug-likeness (QED) is 0.800. The highest BCUT2D eigenvalue weighted by atomic mass is 79.9. The molecule has 4 nitrogen and oxygen atoms in total. The molecule has 1 aromatic heterocycles. The topological polar surface area (TPSA) is 38.1 Å². The van der Waals surface area contributed by atoms with Crippen molar-refractivity contribution in [3.05, 3.63) is 18.2 Å².